The highest BCUT2D eigenvalue weighted by Crippen LogP contribution is 2.67. The van der Waals surface area contributed by atoms with Gasteiger partial charge in [-0.15, -0.1) is 0 Å². The molecule has 6 rings (SSSR count). The van der Waals surface area contributed by atoms with E-state index in [4.69, 9.17) is 4.74 Å². The van der Waals surface area contributed by atoms with Gasteiger partial charge >= 0.3 is 0 Å². The van der Waals surface area contributed by atoms with Gasteiger partial charge in [0.15, 0.2) is 9.84 Å². The number of anilines is 1. The molecule has 0 radical (unpaired) electrons. The van der Waals surface area contributed by atoms with Gasteiger partial charge in [-0.05, 0) is 61.2 Å². The molecule has 3 aliphatic carbocycles. The number of benzene rings is 3. The van der Waals surface area contributed by atoms with Crippen molar-refractivity contribution in [3.8, 4) is 5.75 Å². The zero-order valence-corrected chi connectivity index (χ0v) is 21.4. The largest absolute Gasteiger partial charge is 0.497 e. The number of rotatable bonds is 8. The van der Waals surface area contributed by atoms with Gasteiger partial charge in [-0.1, -0.05) is 30.3 Å². The van der Waals surface area contributed by atoms with Crippen LogP contribution in [0.25, 0.3) is 0 Å². The van der Waals surface area contributed by atoms with Crippen LogP contribution in [0.1, 0.15) is 35.2 Å². The Hall–Kier alpha value is -3.37. The van der Waals surface area contributed by atoms with Crippen LogP contribution in [0.4, 0.5) is 5.69 Å². The second-order valence-electron chi connectivity index (χ2n) is 9.67. The van der Waals surface area contributed by atoms with E-state index in [-0.39, 0.29) is 37.9 Å². The van der Waals surface area contributed by atoms with Crippen LogP contribution in [0.5, 0.6) is 5.75 Å². The van der Waals surface area contributed by atoms with Crippen LogP contribution >= 0.6 is 0 Å². The van der Waals surface area contributed by atoms with Crippen LogP contribution in [0.2, 0.25) is 0 Å². The molecule has 0 saturated heterocycles. The summed E-state index contributed by atoms with van der Waals surface area (Å²) in [5, 5.41) is 3.12. The molecule has 0 aromatic heterocycles. The van der Waals surface area contributed by atoms with E-state index >= 15 is 0 Å². The van der Waals surface area contributed by atoms with Crippen molar-refractivity contribution in [2.24, 2.45) is 0 Å². The standard InChI is InChI=1S/C26H26N2O6S2/c1-34-19-8-13-22(24(29)27-26-15-25(16-26,17-26)18-6-4-3-5-7-18)23(14-19)28-36(32,33)21-11-9-20(10-12-21)35(2,30)31/h3-14,28H,15-17H2,1-2H3,(H,27,29). The van der Waals surface area contributed by atoms with Crippen molar-refractivity contribution in [1.29, 1.82) is 0 Å². The molecule has 0 spiro atoms. The highest BCUT2D eigenvalue weighted by molar-refractivity contribution is 7.92. The second kappa shape index (κ2) is 8.35. The number of amides is 1. The van der Waals surface area contributed by atoms with E-state index in [1.54, 1.807) is 6.07 Å². The molecule has 3 saturated carbocycles. The number of nitrogens with one attached hydrogen (secondary N) is 2. The van der Waals surface area contributed by atoms with E-state index in [1.165, 1.54) is 49.1 Å². The van der Waals surface area contributed by atoms with E-state index in [0.717, 1.165) is 25.5 Å². The third-order valence-corrected chi connectivity index (χ3v) is 9.58. The fraction of sp³-hybridized carbons (Fsp3) is 0.269. The lowest BCUT2D eigenvalue weighted by Gasteiger charge is -2.71. The molecule has 1 amide bonds. The van der Waals surface area contributed by atoms with Gasteiger partial charge in [0, 0.05) is 23.3 Å². The molecule has 3 aromatic carbocycles. The topological polar surface area (TPSA) is 119 Å². The molecule has 188 valence electrons. The van der Waals surface area contributed by atoms with Gasteiger partial charge in [0.2, 0.25) is 0 Å². The summed E-state index contributed by atoms with van der Waals surface area (Å²) in [6.45, 7) is 0. The molecule has 2 N–H and O–H groups in total. The molecule has 3 aromatic rings. The number of hydrogen-bond donors (Lipinski definition) is 2. The maximum Gasteiger partial charge on any atom is 0.261 e. The predicted molar refractivity (Wildman–Crippen MR) is 136 cm³/mol. The zero-order chi connectivity index (χ0) is 25.8. The molecule has 0 atom stereocenters. The van der Waals surface area contributed by atoms with Crippen molar-refractivity contribution in [2.45, 2.75) is 40.0 Å². The average Bonchev–Trinajstić information content (AvgIpc) is 2.80. The first kappa shape index (κ1) is 24.3. The second-order valence-corrected chi connectivity index (χ2v) is 13.4. The smallest absolute Gasteiger partial charge is 0.261 e. The molecular weight excluding hydrogens is 500 g/mol. The van der Waals surface area contributed by atoms with Gasteiger partial charge in [0.25, 0.3) is 15.9 Å². The number of carbonyl (C=O) groups is 1. The fourth-order valence-electron chi connectivity index (χ4n) is 5.33. The Morgan fingerprint density at radius 3 is 2.06 bits per heavy atom. The van der Waals surface area contributed by atoms with E-state index in [2.05, 4.69) is 22.2 Å². The van der Waals surface area contributed by atoms with E-state index < -0.39 is 19.9 Å². The van der Waals surface area contributed by atoms with Crippen LogP contribution in [0.15, 0.2) is 82.6 Å². The molecule has 0 unspecified atom stereocenters. The lowest BCUT2D eigenvalue weighted by atomic mass is 9.37. The number of sulfonamides is 1. The SMILES string of the molecule is COc1ccc(C(=O)NC23CC(c4ccccc4)(C2)C3)c(NS(=O)(=O)c2ccc(S(C)(=O)=O)cc2)c1. The van der Waals surface area contributed by atoms with Crippen LogP contribution in [-0.2, 0) is 25.3 Å². The van der Waals surface area contributed by atoms with Crippen molar-refractivity contribution < 1.29 is 26.4 Å². The van der Waals surface area contributed by atoms with Gasteiger partial charge in [0.1, 0.15) is 5.75 Å². The molecule has 0 aliphatic heterocycles. The van der Waals surface area contributed by atoms with E-state index in [9.17, 15) is 21.6 Å². The Labute approximate surface area is 210 Å². The van der Waals surface area contributed by atoms with Gasteiger partial charge < -0.3 is 10.1 Å². The van der Waals surface area contributed by atoms with Crippen LogP contribution in [-0.4, -0.2) is 41.6 Å². The molecule has 8 nitrogen and oxygen atoms in total. The zero-order valence-electron chi connectivity index (χ0n) is 19.8. The van der Waals surface area contributed by atoms with Gasteiger partial charge in [-0.2, -0.15) is 0 Å². The van der Waals surface area contributed by atoms with Gasteiger partial charge in [-0.3, -0.25) is 9.52 Å². The normalized spacial score (nSPS) is 22.6. The maximum absolute atomic E-state index is 13.3. The monoisotopic (exact) mass is 526 g/mol. The minimum absolute atomic E-state index is 0.00901. The summed E-state index contributed by atoms with van der Waals surface area (Å²) >= 11 is 0. The Bertz CT molecular complexity index is 1530. The van der Waals surface area contributed by atoms with Crippen molar-refractivity contribution in [3.05, 3.63) is 83.9 Å². The summed E-state index contributed by atoms with van der Waals surface area (Å²) in [5.74, 6) is 0.00867. The fourth-order valence-corrected chi connectivity index (χ4v) is 7.03. The summed E-state index contributed by atoms with van der Waals surface area (Å²) in [4.78, 5) is 13.1. The molecular formula is C26H26N2O6S2. The van der Waals surface area contributed by atoms with Crippen molar-refractivity contribution in [3.63, 3.8) is 0 Å². The first-order chi connectivity index (χ1) is 17.0. The minimum Gasteiger partial charge on any atom is -0.497 e. The summed E-state index contributed by atoms with van der Waals surface area (Å²) in [6, 6.07) is 19.7. The Kier molecular flexibility index (Phi) is 5.64. The average molecular weight is 527 g/mol. The molecule has 2 bridgehead atoms. The van der Waals surface area contributed by atoms with Crippen molar-refractivity contribution >= 4 is 31.5 Å². The quantitative estimate of drug-likeness (QED) is 0.464. The van der Waals surface area contributed by atoms with Crippen molar-refractivity contribution in [1.82, 2.24) is 5.32 Å². The number of hydrogen-bond acceptors (Lipinski definition) is 6. The molecule has 0 heterocycles. The summed E-state index contributed by atoms with van der Waals surface area (Å²) in [7, 11) is -6.13. The third kappa shape index (κ3) is 4.24. The Balaban J connectivity index is 1.36. The predicted octanol–water partition coefficient (Wildman–Crippen LogP) is 3.50. The van der Waals surface area contributed by atoms with E-state index in [0.29, 0.717) is 5.75 Å². The molecule has 3 fully saturated rings. The lowest BCUT2D eigenvalue weighted by molar-refractivity contribution is -0.0807. The number of sulfone groups is 1. The summed E-state index contributed by atoms with van der Waals surface area (Å²) < 4.78 is 57.2. The highest BCUT2D eigenvalue weighted by atomic mass is 32.2. The van der Waals surface area contributed by atoms with Crippen LogP contribution in [0.3, 0.4) is 0 Å². The highest BCUT2D eigenvalue weighted by Gasteiger charge is 2.68. The Morgan fingerprint density at radius 2 is 1.47 bits per heavy atom. The molecule has 3 aliphatic rings. The summed E-state index contributed by atoms with van der Waals surface area (Å²) in [6.07, 6.45) is 3.59. The maximum atomic E-state index is 13.3. The van der Waals surface area contributed by atoms with Gasteiger partial charge in [0.05, 0.1) is 28.2 Å². The first-order valence-electron chi connectivity index (χ1n) is 11.3. The van der Waals surface area contributed by atoms with Gasteiger partial charge in [-0.25, -0.2) is 16.8 Å². The van der Waals surface area contributed by atoms with E-state index in [1.807, 2.05) is 18.2 Å². The van der Waals surface area contributed by atoms with Crippen LogP contribution in [0, 0.1) is 0 Å². The molecule has 36 heavy (non-hydrogen) atoms. The van der Waals surface area contributed by atoms with Crippen molar-refractivity contribution in [2.75, 3.05) is 18.1 Å². The third-order valence-electron chi connectivity index (χ3n) is 7.07. The number of ether oxygens (including phenoxy) is 1. The first-order valence-corrected chi connectivity index (χ1v) is 14.7. The Morgan fingerprint density at radius 1 is 0.861 bits per heavy atom. The molecule has 10 heteroatoms. The lowest BCUT2D eigenvalue weighted by Crippen LogP contribution is -2.76. The minimum atomic E-state index is -4.11. The number of carbonyl (C=O) groups excluding carboxylic acids is 1. The number of methoxy groups -OCH3 is 1. The van der Waals surface area contributed by atoms with Crippen LogP contribution < -0.4 is 14.8 Å². The summed E-state index contributed by atoms with van der Waals surface area (Å²) in [5.41, 5.74) is 1.34.